The number of nitrogens with zero attached hydrogens (tertiary/aromatic N) is 5. The number of pyridine rings is 2. The van der Waals surface area contributed by atoms with Crippen molar-refractivity contribution in [2.24, 2.45) is 0 Å². The minimum absolute atomic E-state index is 0.660. The van der Waals surface area contributed by atoms with Gasteiger partial charge in [0.05, 0.1) is 33.0 Å². The molecule has 0 fully saturated rings. The van der Waals surface area contributed by atoms with Crippen molar-refractivity contribution in [3.05, 3.63) is 97.6 Å². The highest BCUT2D eigenvalue weighted by Gasteiger charge is 2.21. The van der Waals surface area contributed by atoms with Gasteiger partial charge in [0.2, 0.25) is 0 Å². The molecule has 2 heterocycles. The molecule has 0 saturated carbocycles. The lowest BCUT2D eigenvalue weighted by atomic mass is 10.2. The number of nitrogen functional groups attached to an aromatic ring is 2. The zero-order valence-corrected chi connectivity index (χ0v) is 14.7. The first-order chi connectivity index (χ1) is 13.7. The predicted molar refractivity (Wildman–Crippen MR) is 104 cm³/mol. The Morgan fingerprint density at radius 2 is 0.828 bits per heavy atom. The smallest absolute Gasteiger partial charge is 0.283 e. The van der Waals surface area contributed by atoms with Crippen LogP contribution in [0.2, 0.25) is 0 Å². The van der Waals surface area contributed by atoms with Gasteiger partial charge in [-0.25, -0.2) is 0 Å². The summed E-state index contributed by atoms with van der Waals surface area (Å²) in [7, 11) is 0. The molecule has 0 unspecified atom stereocenters. The van der Waals surface area contributed by atoms with Crippen molar-refractivity contribution in [1.82, 2.24) is 9.97 Å². The summed E-state index contributed by atoms with van der Waals surface area (Å²) in [4.78, 5) is 35.7. The number of benzene rings is 1. The first-order valence-electron chi connectivity index (χ1n) is 7.60. The highest BCUT2D eigenvalue weighted by Crippen LogP contribution is 2.26. The number of rotatable bonds is 3. The van der Waals surface area contributed by atoms with E-state index in [0.29, 0.717) is 18.2 Å². The summed E-state index contributed by atoms with van der Waals surface area (Å²) < 4.78 is 0. The summed E-state index contributed by atoms with van der Waals surface area (Å²) in [5, 5.41) is 30.9. The average molecular weight is 401 g/mol. The van der Waals surface area contributed by atoms with Gasteiger partial charge in [0, 0.05) is 36.2 Å². The van der Waals surface area contributed by atoms with Gasteiger partial charge >= 0.3 is 0 Å². The van der Waals surface area contributed by atoms with Crippen LogP contribution in [0.4, 0.5) is 28.4 Å². The fourth-order valence-electron chi connectivity index (χ4n) is 1.62. The van der Waals surface area contributed by atoms with Crippen LogP contribution in [0.15, 0.2) is 67.3 Å². The summed E-state index contributed by atoms with van der Waals surface area (Å²) in [6.07, 6.45) is 6.65. The first kappa shape index (κ1) is 22.4. The van der Waals surface area contributed by atoms with Gasteiger partial charge in [-0.3, -0.25) is 40.3 Å². The van der Waals surface area contributed by atoms with Gasteiger partial charge < -0.3 is 11.5 Å². The van der Waals surface area contributed by atoms with Crippen molar-refractivity contribution >= 4 is 28.4 Å². The normalized spacial score (nSPS) is 9.10. The number of nitrogens with two attached hydrogens (primary N) is 2. The van der Waals surface area contributed by atoms with Crippen LogP contribution in [0.3, 0.4) is 0 Å². The summed E-state index contributed by atoms with van der Waals surface area (Å²) in [6, 6.07) is 8.98. The van der Waals surface area contributed by atoms with Crippen molar-refractivity contribution in [2.45, 2.75) is 0 Å². The molecule has 13 nitrogen and oxygen atoms in total. The van der Waals surface area contributed by atoms with E-state index in [1.54, 1.807) is 49.1 Å². The van der Waals surface area contributed by atoms with Crippen molar-refractivity contribution in [3.8, 4) is 0 Å². The molecule has 3 aromatic rings. The minimum atomic E-state index is -0.931. The lowest BCUT2D eigenvalue weighted by Gasteiger charge is -1.93. The summed E-state index contributed by atoms with van der Waals surface area (Å²) in [5.74, 6) is 0. The summed E-state index contributed by atoms with van der Waals surface area (Å²) >= 11 is 0. The Labute approximate surface area is 163 Å². The molecule has 29 heavy (non-hydrogen) atoms. The maximum Gasteiger partial charge on any atom is 0.283 e. The zero-order valence-electron chi connectivity index (χ0n) is 14.7. The van der Waals surface area contributed by atoms with E-state index < -0.39 is 31.8 Å². The third kappa shape index (κ3) is 8.50. The third-order valence-corrected chi connectivity index (χ3v) is 2.93. The Kier molecular flexibility index (Phi) is 8.58. The highest BCUT2D eigenvalue weighted by atomic mass is 16.6. The predicted octanol–water partition coefficient (Wildman–Crippen LogP) is 2.74. The first-order valence-corrected chi connectivity index (χ1v) is 7.60. The number of aromatic nitrogens is 2. The van der Waals surface area contributed by atoms with Crippen LogP contribution in [0.5, 0.6) is 0 Å². The third-order valence-electron chi connectivity index (χ3n) is 2.93. The number of hydrogen-bond acceptors (Lipinski definition) is 10. The maximum atomic E-state index is 10.3. The van der Waals surface area contributed by atoms with Gasteiger partial charge in [-0.2, -0.15) is 0 Å². The van der Waals surface area contributed by atoms with E-state index >= 15 is 0 Å². The van der Waals surface area contributed by atoms with E-state index in [1.165, 1.54) is 0 Å². The second-order valence-corrected chi connectivity index (χ2v) is 5.04. The lowest BCUT2D eigenvalue weighted by molar-refractivity contribution is -0.403. The maximum absolute atomic E-state index is 10.3. The van der Waals surface area contributed by atoms with Gasteiger partial charge in [0.1, 0.15) is 0 Å². The van der Waals surface area contributed by atoms with Crippen LogP contribution < -0.4 is 11.5 Å². The molecular weight excluding hydrogens is 386 g/mol. The highest BCUT2D eigenvalue weighted by molar-refractivity contribution is 5.52. The van der Waals surface area contributed by atoms with Crippen LogP contribution >= 0.6 is 0 Å². The van der Waals surface area contributed by atoms with E-state index in [4.69, 9.17) is 11.5 Å². The Hall–Kier alpha value is -4.68. The van der Waals surface area contributed by atoms with Crippen molar-refractivity contribution in [1.29, 1.82) is 0 Å². The summed E-state index contributed by atoms with van der Waals surface area (Å²) in [6.45, 7) is 0. The molecule has 3 rings (SSSR count). The van der Waals surface area contributed by atoms with Gasteiger partial charge in [-0.15, -0.1) is 0 Å². The molecule has 13 heteroatoms. The van der Waals surface area contributed by atoms with Crippen LogP contribution in [-0.4, -0.2) is 24.7 Å². The van der Waals surface area contributed by atoms with E-state index in [2.05, 4.69) is 9.97 Å². The lowest BCUT2D eigenvalue weighted by Crippen LogP contribution is -1.96. The number of nitro groups is 3. The molecule has 4 N–H and O–H groups in total. The molecule has 0 aliphatic carbocycles. The van der Waals surface area contributed by atoms with Crippen molar-refractivity contribution < 1.29 is 14.8 Å². The van der Waals surface area contributed by atoms with Crippen LogP contribution in [0.1, 0.15) is 0 Å². The fourth-order valence-corrected chi connectivity index (χ4v) is 1.62. The molecule has 0 spiro atoms. The van der Waals surface area contributed by atoms with E-state index in [1.807, 2.05) is 0 Å². The molecule has 0 saturated heterocycles. The van der Waals surface area contributed by atoms with Crippen molar-refractivity contribution in [2.75, 3.05) is 11.5 Å². The molecule has 2 aromatic heterocycles. The standard InChI is InChI=1S/C6H3N3O6.2C5H6N2/c10-7(11)4-1-5(8(12)13)3-6(2-4)9(14)15;2*6-5-1-3-7-4-2-5/h1-3H;2*1-4H,(H2,6,7). The molecule has 0 bridgehead atoms. The number of hydrogen-bond donors (Lipinski definition) is 2. The molecule has 1 aromatic carbocycles. The molecule has 0 amide bonds. The zero-order chi connectivity index (χ0) is 21.8. The molecular formula is C16H15N7O6. The van der Waals surface area contributed by atoms with Gasteiger partial charge in [-0.05, 0) is 24.3 Å². The quantitative estimate of drug-likeness (QED) is 0.484. The minimum Gasteiger partial charge on any atom is -0.399 e. The number of non-ortho nitro benzene ring substituents is 3. The van der Waals surface area contributed by atoms with Crippen LogP contribution in [0.25, 0.3) is 0 Å². The van der Waals surface area contributed by atoms with Crippen LogP contribution in [-0.2, 0) is 0 Å². The second kappa shape index (κ2) is 11.1. The molecule has 0 atom stereocenters. The largest absolute Gasteiger partial charge is 0.399 e. The van der Waals surface area contributed by atoms with Crippen LogP contribution in [0, 0.1) is 30.3 Å². The topological polar surface area (TPSA) is 207 Å². The molecule has 0 aliphatic heterocycles. The van der Waals surface area contributed by atoms with Gasteiger partial charge in [0.25, 0.3) is 17.1 Å². The average Bonchev–Trinajstić information content (AvgIpc) is 2.69. The summed E-state index contributed by atoms with van der Waals surface area (Å²) in [5.41, 5.74) is 10.1. The molecule has 0 aliphatic rings. The van der Waals surface area contributed by atoms with E-state index in [-0.39, 0.29) is 0 Å². The fraction of sp³-hybridized carbons (Fsp3) is 0. The van der Waals surface area contributed by atoms with Crippen molar-refractivity contribution in [3.63, 3.8) is 0 Å². The van der Waals surface area contributed by atoms with Gasteiger partial charge in [0.15, 0.2) is 0 Å². The Morgan fingerprint density at radius 1 is 0.586 bits per heavy atom. The molecule has 0 radical (unpaired) electrons. The Bertz CT molecular complexity index is 854. The van der Waals surface area contributed by atoms with Gasteiger partial charge in [-0.1, -0.05) is 0 Å². The Morgan fingerprint density at radius 3 is 0.966 bits per heavy atom. The molecule has 150 valence electrons. The van der Waals surface area contributed by atoms with E-state index in [0.717, 1.165) is 11.4 Å². The van der Waals surface area contributed by atoms with E-state index in [9.17, 15) is 30.3 Å². The second-order valence-electron chi connectivity index (χ2n) is 5.04. The number of anilines is 2. The SMILES string of the molecule is Nc1ccncc1.Nc1ccncc1.O=[N+]([O-])c1cc([N+](=O)[O-])cc([N+](=O)[O-])c1. The number of nitro benzene ring substituents is 3. The Balaban J connectivity index is 0.000000248. The monoisotopic (exact) mass is 401 g/mol.